The summed E-state index contributed by atoms with van der Waals surface area (Å²) >= 11 is 2.10. The second kappa shape index (κ2) is 8.05. The van der Waals surface area contributed by atoms with E-state index in [2.05, 4.69) is 22.0 Å². The molecule has 2 fully saturated rings. The zero-order valence-corrected chi connectivity index (χ0v) is 10.9. The number of thioether (sulfide) groups is 1. The SMILES string of the molecule is C1CCN(CC2CSCCN2)C1.Cl.Cl. The van der Waals surface area contributed by atoms with Gasteiger partial charge < -0.3 is 10.2 Å². The maximum Gasteiger partial charge on any atom is 0.0285 e. The van der Waals surface area contributed by atoms with Crippen LogP contribution in [-0.2, 0) is 0 Å². The van der Waals surface area contributed by atoms with Gasteiger partial charge in [0.2, 0.25) is 0 Å². The number of nitrogens with one attached hydrogen (secondary N) is 1. The number of halogens is 2. The molecule has 14 heavy (non-hydrogen) atoms. The number of rotatable bonds is 2. The van der Waals surface area contributed by atoms with Crippen LogP contribution < -0.4 is 5.32 Å². The van der Waals surface area contributed by atoms with Crippen LogP contribution in [0.2, 0.25) is 0 Å². The van der Waals surface area contributed by atoms with E-state index in [0.29, 0.717) is 0 Å². The molecule has 0 aromatic heterocycles. The Morgan fingerprint density at radius 3 is 2.50 bits per heavy atom. The van der Waals surface area contributed by atoms with Crippen LogP contribution in [0.25, 0.3) is 0 Å². The van der Waals surface area contributed by atoms with Crippen LogP contribution in [0.4, 0.5) is 0 Å². The van der Waals surface area contributed by atoms with E-state index in [1.165, 1.54) is 50.5 Å². The maximum absolute atomic E-state index is 3.58. The Labute approximate surface area is 103 Å². The molecule has 2 nitrogen and oxygen atoms in total. The molecular formula is C9H20Cl2N2S. The van der Waals surface area contributed by atoms with E-state index in [4.69, 9.17) is 0 Å². The summed E-state index contributed by atoms with van der Waals surface area (Å²) in [5.74, 6) is 2.62. The Kier molecular flexibility index (Phi) is 8.54. The smallest absolute Gasteiger partial charge is 0.0285 e. The van der Waals surface area contributed by atoms with Gasteiger partial charge in [-0.25, -0.2) is 0 Å². The lowest BCUT2D eigenvalue weighted by Gasteiger charge is -2.27. The summed E-state index contributed by atoms with van der Waals surface area (Å²) in [4.78, 5) is 2.60. The highest BCUT2D eigenvalue weighted by molar-refractivity contribution is 7.99. The molecule has 1 unspecified atom stereocenters. The summed E-state index contributed by atoms with van der Waals surface area (Å²) in [6.45, 7) is 5.17. The van der Waals surface area contributed by atoms with Crippen LogP contribution in [0.5, 0.6) is 0 Å². The van der Waals surface area contributed by atoms with Crippen molar-refractivity contribution in [1.29, 1.82) is 0 Å². The van der Waals surface area contributed by atoms with Crippen LogP contribution in [0.3, 0.4) is 0 Å². The molecule has 1 atom stereocenters. The Bertz CT molecular complexity index is 137. The molecule has 2 saturated heterocycles. The highest BCUT2D eigenvalue weighted by atomic mass is 35.5. The van der Waals surface area contributed by atoms with Crippen molar-refractivity contribution < 1.29 is 0 Å². The zero-order valence-electron chi connectivity index (χ0n) is 8.41. The maximum atomic E-state index is 3.58. The molecule has 86 valence electrons. The summed E-state index contributed by atoms with van der Waals surface area (Å²) in [6, 6.07) is 0.766. The minimum atomic E-state index is 0. The van der Waals surface area contributed by atoms with Gasteiger partial charge in [0.05, 0.1) is 0 Å². The van der Waals surface area contributed by atoms with Crippen molar-refractivity contribution in [2.24, 2.45) is 0 Å². The average molecular weight is 259 g/mol. The van der Waals surface area contributed by atoms with E-state index in [0.717, 1.165) is 6.04 Å². The van der Waals surface area contributed by atoms with Gasteiger partial charge in [0.1, 0.15) is 0 Å². The van der Waals surface area contributed by atoms with E-state index in [9.17, 15) is 0 Å². The third kappa shape index (κ3) is 4.58. The largest absolute Gasteiger partial charge is 0.311 e. The molecule has 2 aliphatic heterocycles. The van der Waals surface area contributed by atoms with Crippen LogP contribution in [-0.4, -0.2) is 48.6 Å². The number of hydrogen-bond donors (Lipinski definition) is 1. The molecule has 2 aliphatic rings. The third-order valence-electron chi connectivity index (χ3n) is 2.68. The van der Waals surface area contributed by atoms with E-state index in [-0.39, 0.29) is 24.8 Å². The van der Waals surface area contributed by atoms with Crippen molar-refractivity contribution in [2.45, 2.75) is 18.9 Å². The fourth-order valence-electron chi connectivity index (χ4n) is 2.01. The molecule has 0 aromatic carbocycles. The second-order valence-electron chi connectivity index (χ2n) is 3.73. The number of hydrogen-bond acceptors (Lipinski definition) is 3. The molecule has 0 bridgehead atoms. The lowest BCUT2D eigenvalue weighted by molar-refractivity contribution is 0.301. The predicted molar refractivity (Wildman–Crippen MR) is 69.3 cm³/mol. The van der Waals surface area contributed by atoms with Crippen molar-refractivity contribution in [3.8, 4) is 0 Å². The quantitative estimate of drug-likeness (QED) is 0.811. The monoisotopic (exact) mass is 258 g/mol. The molecule has 0 spiro atoms. The van der Waals surface area contributed by atoms with E-state index in [1.807, 2.05) is 0 Å². The Morgan fingerprint density at radius 2 is 1.93 bits per heavy atom. The van der Waals surface area contributed by atoms with Crippen LogP contribution in [0.15, 0.2) is 0 Å². The summed E-state index contributed by atoms with van der Waals surface area (Å²) in [7, 11) is 0. The Hall–Kier alpha value is 0.850. The van der Waals surface area contributed by atoms with Gasteiger partial charge in [0.25, 0.3) is 0 Å². The van der Waals surface area contributed by atoms with Crippen molar-refractivity contribution in [1.82, 2.24) is 10.2 Å². The molecule has 0 radical (unpaired) electrons. The molecule has 0 amide bonds. The van der Waals surface area contributed by atoms with Gasteiger partial charge >= 0.3 is 0 Å². The second-order valence-corrected chi connectivity index (χ2v) is 4.88. The lowest BCUT2D eigenvalue weighted by atomic mass is 10.3. The highest BCUT2D eigenvalue weighted by Gasteiger charge is 2.18. The van der Waals surface area contributed by atoms with Crippen molar-refractivity contribution >= 4 is 36.6 Å². The molecule has 1 N–H and O–H groups in total. The fraction of sp³-hybridized carbons (Fsp3) is 1.00. The standard InChI is InChI=1S/C9H18N2S.2ClH/c1-2-5-11(4-1)7-9-8-12-6-3-10-9;;/h9-10H,1-8H2;2*1H. The molecule has 5 heteroatoms. The van der Waals surface area contributed by atoms with Gasteiger partial charge in [-0.1, -0.05) is 0 Å². The molecule has 0 saturated carbocycles. The first-order chi connectivity index (χ1) is 5.95. The third-order valence-corrected chi connectivity index (χ3v) is 3.81. The van der Waals surface area contributed by atoms with Crippen molar-refractivity contribution in [3.63, 3.8) is 0 Å². The summed E-state index contributed by atoms with van der Waals surface area (Å²) in [5.41, 5.74) is 0. The molecular weight excluding hydrogens is 239 g/mol. The number of likely N-dealkylation sites (tertiary alicyclic amines) is 1. The van der Waals surface area contributed by atoms with Gasteiger partial charge in [0.15, 0.2) is 0 Å². The average Bonchev–Trinajstić information content (AvgIpc) is 2.59. The van der Waals surface area contributed by atoms with E-state index < -0.39 is 0 Å². The van der Waals surface area contributed by atoms with Crippen LogP contribution >= 0.6 is 36.6 Å². The molecule has 0 aliphatic carbocycles. The van der Waals surface area contributed by atoms with Gasteiger partial charge in [-0.3, -0.25) is 0 Å². The fourth-order valence-corrected chi connectivity index (χ4v) is 2.95. The highest BCUT2D eigenvalue weighted by Crippen LogP contribution is 2.12. The molecule has 2 rings (SSSR count). The normalized spacial score (nSPS) is 27.9. The van der Waals surface area contributed by atoms with Gasteiger partial charge in [-0.15, -0.1) is 24.8 Å². The van der Waals surface area contributed by atoms with Gasteiger partial charge in [-0.05, 0) is 25.9 Å². The van der Waals surface area contributed by atoms with Crippen molar-refractivity contribution in [3.05, 3.63) is 0 Å². The minimum Gasteiger partial charge on any atom is -0.311 e. The lowest BCUT2D eigenvalue weighted by Crippen LogP contribution is -2.45. The van der Waals surface area contributed by atoms with Crippen LogP contribution in [0, 0.1) is 0 Å². The molecule has 0 aromatic rings. The van der Waals surface area contributed by atoms with Crippen LogP contribution in [0.1, 0.15) is 12.8 Å². The summed E-state index contributed by atoms with van der Waals surface area (Å²) in [6.07, 6.45) is 2.83. The first-order valence-corrected chi connectivity index (χ1v) is 6.14. The van der Waals surface area contributed by atoms with E-state index in [1.54, 1.807) is 0 Å². The molecule has 2 heterocycles. The minimum absolute atomic E-state index is 0. The van der Waals surface area contributed by atoms with E-state index >= 15 is 0 Å². The first-order valence-electron chi connectivity index (χ1n) is 4.98. The van der Waals surface area contributed by atoms with Gasteiger partial charge in [0, 0.05) is 30.6 Å². The van der Waals surface area contributed by atoms with Crippen molar-refractivity contribution in [2.75, 3.05) is 37.7 Å². The van der Waals surface area contributed by atoms with Gasteiger partial charge in [-0.2, -0.15) is 11.8 Å². The number of nitrogens with zero attached hydrogens (tertiary/aromatic N) is 1. The zero-order chi connectivity index (χ0) is 8.23. The predicted octanol–water partition coefficient (Wildman–Crippen LogP) is 1.63. The topological polar surface area (TPSA) is 15.3 Å². The first kappa shape index (κ1) is 14.8. The summed E-state index contributed by atoms with van der Waals surface area (Å²) < 4.78 is 0. The summed E-state index contributed by atoms with van der Waals surface area (Å²) in [5, 5.41) is 3.58. The Balaban J connectivity index is 0.000000845. The Morgan fingerprint density at radius 1 is 1.21 bits per heavy atom.